The van der Waals surface area contributed by atoms with Gasteiger partial charge in [0.05, 0.1) is 11.6 Å². The van der Waals surface area contributed by atoms with E-state index in [2.05, 4.69) is 42.5 Å². The summed E-state index contributed by atoms with van der Waals surface area (Å²) in [5.74, 6) is 0.174. The third-order valence-electron chi connectivity index (χ3n) is 4.64. The van der Waals surface area contributed by atoms with E-state index in [-0.39, 0.29) is 11.8 Å². The molecule has 0 saturated heterocycles. The van der Waals surface area contributed by atoms with Gasteiger partial charge in [-0.2, -0.15) is 0 Å². The highest BCUT2D eigenvalue weighted by Gasteiger charge is 2.35. The summed E-state index contributed by atoms with van der Waals surface area (Å²) in [6.45, 7) is 2.01. The lowest BCUT2D eigenvalue weighted by Gasteiger charge is -2.22. The smallest absolute Gasteiger partial charge is 0.238 e. The van der Waals surface area contributed by atoms with Crippen molar-refractivity contribution in [2.24, 2.45) is 0 Å². The van der Waals surface area contributed by atoms with E-state index in [1.54, 1.807) is 0 Å². The highest BCUT2D eigenvalue weighted by Crippen LogP contribution is 2.40. The van der Waals surface area contributed by atoms with Gasteiger partial charge in [-0.25, -0.2) is 0 Å². The average molecular weight is 307 g/mol. The number of fused-ring (bicyclic) bond motifs is 1. The number of nitrogens with zero attached hydrogens (tertiary/aromatic N) is 1. The van der Waals surface area contributed by atoms with Crippen LogP contribution in [0.3, 0.4) is 0 Å². The minimum absolute atomic E-state index is 0.0380. The Morgan fingerprint density at radius 1 is 0.913 bits per heavy atom. The first-order chi connectivity index (χ1) is 11.3. The number of para-hydroxylation sites is 1. The molecular formula is C21H25NO. The molecule has 0 fully saturated rings. The van der Waals surface area contributed by atoms with Gasteiger partial charge in [-0.15, -0.1) is 0 Å². The molecule has 0 spiro atoms. The van der Waals surface area contributed by atoms with Gasteiger partial charge in [0.25, 0.3) is 0 Å². The minimum Gasteiger partial charge on any atom is -0.284 e. The van der Waals surface area contributed by atoms with Crippen LogP contribution in [0.5, 0.6) is 0 Å². The summed E-state index contributed by atoms with van der Waals surface area (Å²) in [4.78, 5) is 14.8. The molecule has 1 amide bonds. The Balaban J connectivity index is 1.89. The van der Waals surface area contributed by atoms with Gasteiger partial charge in [0.15, 0.2) is 0 Å². The van der Waals surface area contributed by atoms with Gasteiger partial charge in [0.2, 0.25) is 5.91 Å². The molecule has 2 heteroatoms. The Morgan fingerprint density at radius 3 is 2.35 bits per heavy atom. The number of rotatable bonds is 1. The molecule has 0 radical (unpaired) electrons. The zero-order valence-electron chi connectivity index (χ0n) is 13.9. The Labute approximate surface area is 139 Å². The van der Waals surface area contributed by atoms with Crippen LogP contribution in [0.4, 0.5) is 5.69 Å². The highest BCUT2D eigenvalue weighted by atomic mass is 16.2. The summed E-state index contributed by atoms with van der Waals surface area (Å²) in [5, 5.41) is 0. The van der Waals surface area contributed by atoms with Crippen molar-refractivity contribution < 1.29 is 4.79 Å². The average Bonchev–Trinajstić information content (AvgIpc) is 2.80. The molecule has 0 bridgehead atoms. The molecule has 2 nitrogen and oxygen atoms in total. The SMILES string of the molecule is CC1C(=O)N(C2=CCCC=CCCC=CCC2)c2ccccc21. The monoisotopic (exact) mass is 307 g/mol. The molecule has 3 rings (SSSR count). The number of carbonyl (C=O) groups excluding carboxylic acids is 1. The van der Waals surface area contributed by atoms with Gasteiger partial charge in [0, 0.05) is 5.70 Å². The van der Waals surface area contributed by atoms with Gasteiger partial charge >= 0.3 is 0 Å². The van der Waals surface area contributed by atoms with Crippen LogP contribution in [0.2, 0.25) is 0 Å². The maximum absolute atomic E-state index is 12.8. The minimum atomic E-state index is -0.0380. The van der Waals surface area contributed by atoms with Crippen LogP contribution >= 0.6 is 0 Å². The van der Waals surface area contributed by atoms with Gasteiger partial charge in [-0.3, -0.25) is 9.69 Å². The Bertz CT molecular complexity index is 654. The van der Waals surface area contributed by atoms with Crippen molar-refractivity contribution in [1.29, 1.82) is 0 Å². The summed E-state index contributed by atoms with van der Waals surface area (Å²) < 4.78 is 0. The van der Waals surface area contributed by atoms with Gasteiger partial charge in [-0.05, 0) is 57.1 Å². The van der Waals surface area contributed by atoms with E-state index in [9.17, 15) is 4.79 Å². The lowest BCUT2D eigenvalue weighted by molar-refractivity contribution is -0.118. The molecule has 1 unspecified atom stereocenters. The second-order valence-corrected chi connectivity index (χ2v) is 6.29. The van der Waals surface area contributed by atoms with Crippen molar-refractivity contribution in [3.8, 4) is 0 Å². The van der Waals surface area contributed by atoms with E-state index >= 15 is 0 Å². The molecule has 1 aromatic carbocycles. The molecule has 0 saturated carbocycles. The van der Waals surface area contributed by atoms with E-state index in [1.165, 1.54) is 0 Å². The third kappa shape index (κ3) is 3.47. The Hall–Kier alpha value is -2.09. The number of carbonyl (C=O) groups is 1. The van der Waals surface area contributed by atoms with E-state index in [4.69, 9.17) is 0 Å². The predicted octanol–water partition coefficient (Wildman–Crippen LogP) is 5.49. The molecule has 0 N–H and O–H groups in total. The Kier molecular flexibility index (Phi) is 5.12. The first-order valence-electron chi connectivity index (χ1n) is 8.71. The first-order valence-corrected chi connectivity index (χ1v) is 8.71. The van der Waals surface area contributed by atoms with Crippen molar-refractivity contribution in [3.05, 3.63) is 65.9 Å². The second-order valence-electron chi connectivity index (χ2n) is 6.29. The van der Waals surface area contributed by atoms with Gasteiger partial charge < -0.3 is 0 Å². The van der Waals surface area contributed by atoms with Crippen LogP contribution < -0.4 is 4.90 Å². The second kappa shape index (κ2) is 7.45. The normalized spacial score (nSPS) is 22.3. The predicted molar refractivity (Wildman–Crippen MR) is 96.4 cm³/mol. The summed E-state index contributed by atoms with van der Waals surface area (Å²) in [7, 11) is 0. The summed E-state index contributed by atoms with van der Waals surface area (Å²) in [6, 6.07) is 8.20. The van der Waals surface area contributed by atoms with Crippen molar-refractivity contribution in [1.82, 2.24) is 0 Å². The van der Waals surface area contributed by atoms with Gasteiger partial charge in [0.1, 0.15) is 0 Å². The number of amides is 1. The molecule has 0 aromatic heterocycles. The van der Waals surface area contributed by atoms with Crippen molar-refractivity contribution in [2.45, 2.75) is 51.4 Å². The standard InChI is InChI=1S/C21H25NO/c1-17-19-15-11-12-16-20(19)22(21(17)23)18-13-9-7-5-3-2-4-6-8-10-14-18/h3,5-6,8,11-13,15-17H,2,4,7,9-10,14H2,1H3. The molecule has 1 aliphatic heterocycles. The zero-order chi connectivity index (χ0) is 16.1. The van der Waals surface area contributed by atoms with E-state index in [0.29, 0.717) is 0 Å². The van der Waals surface area contributed by atoms with Crippen LogP contribution in [0.1, 0.15) is 56.9 Å². The molecule has 1 atom stereocenters. The van der Waals surface area contributed by atoms with Crippen LogP contribution in [-0.4, -0.2) is 5.91 Å². The lowest BCUT2D eigenvalue weighted by Crippen LogP contribution is -2.27. The Morgan fingerprint density at radius 2 is 1.57 bits per heavy atom. The highest BCUT2D eigenvalue weighted by molar-refractivity contribution is 6.07. The summed E-state index contributed by atoms with van der Waals surface area (Å²) >= 11 is 0. The maximum Gasteiger partial charge on any atom is 0.238 e. The molecule has 1 aromatic rings. The van der Waals surface area contributed by atoms with E-state index in [0.717, 1.165) is 55.5 Å². The number of benzene rings is 1. The van der Waals surface area contributed by atoms with Crippen LogP contribution in [0.15, 0.2) is 60.3 Å². The number of anilines is 1. The van der Waals surface area contributed by atoms with Crippen molar-refractivity contribution in [2.75, 3.05) is 4.90 Å². The van der Waals surface area contributed by atoms with E-state index in [1.807, 2.05) is 24.0 Å². The van der Waals surface area contributed by atoms with Crippen molar-refractivity contribution >= 4 is 11.6 Å². The fourth-order valence-electron chi connectivity index (χ4n) is 3.35. The molecule has 1 heterocycles. The lowest BCUT2D eigenvalue weighted by atomic mass is 10.0. The van der Waals surface area contributed by atoms with Crippen LogP contribution in [0, 0.1) is 0 Å². The largest absolute Gasteiger partial charge is 0.284 e. The number of allylic oxidation sites excluding steroid dienone is 6. The molecular weight excluding hydrogens is 282 g/mol. The summed E-state index contributed by atoms with van der Waals surface area (Å²) in [6.07, 6.45) is 17.5. The quantitative estimate of drug-likeness (QED) is 0.628. The fourth-order valence-corrected chi connectivity index (χ4v) is 3.35. The molecule has 120 valence electrons. The third-order valence-corrected chi connectivity index (χ3v) is 4.64. The summed E-state index contributed by atoms with van der Waals surface area (Å²) in [5.41, 5.74) is 3.38. The molecule has 23 heavy (non-hydrogen) atoms. The van der Waals surface area contributed by atoms with Crippen molar-refractivity contribution in [3.63, 3.8) is 0 Å². The van der Waals surface area contributed by atoms with Gasteiger partial charge in [-0.1, -0.05) is 48.6 Å². The molecule has 1 aliphatic carbocycles. The number of hydrogen-bond acceptors (Lipinski definition) is 1. The van der Waals surface area contributed by atoms with E-state index < -0.39 is 0 Å². The fraction of sp³-hybridized carbons (Fsp3) is 0.381. The zero-order valence-corrected chi connectivity index (χ0v) is 13.9. The molecule has 2 aliphatic rings. The first kappa shape index (κ1) is 15.8. The van der Waals surface area contributed by atoms with Crippen LogP contribution in [0.25, 0.3) is 0 Å². The van der Waals surface area contributed by atoms with Crippen LogP contribution in [-0.2, 0) is 4.79 Å². The topological polar surface area (TPSA) is 20.3 Å². The number of hydrogen-bond donors (Lipinski definition) is 0. The maximum atomic E-state index is 12.8.